The molecule has 0 fully saturated rings. The summed E-state index contributed by atoms with van der Waals surface area (Å²) in [6.45, 7) is 5.67. The summed E-state index contributed by atoms with van der Waals surface area (Å²) >= 11 is 0. The fourth-order valence-corrected chi connectivity index (χ4v) is 1.47. The number of aromatic amines is 1. The number of aliphatic carboxylic acids is 1. The van der Waals surface area contributed by atoms with Gasteiger partial charge in [-0.3, -0.25) is 14.7 Å². The third kappa shape index (κ3) is 4.86. The lowest BCUT2D eigenvalue weighted by Gasteiger charge is -2.13. The number of carbonyl (C=O) groups is 3. The van der Waals surface area contributed by atoms with E-state index in [1.54, 1.807) is 0 Å². The fraction of sp³-hybridized carbons (Fsp3) is 0.583. The Morgan fingerprint density at radius 2 is 2.00 bits per heavy atom. The van der Waals surface area contributed by atoms with E-state index >= 15 is 0 Å². The van der Waals surface area contributed by atoms with Gasteiger partial charge in [0.1, 0.15) is 11.9 Å². The summed E-state index contributed by atoms with van der Waals surface area (Å²) in [5.41, 5.74) is 4.64. The van der Waals surface area contributed by atoms with Crippen molar-refractivity contribution in [3.8, 4) is 0 Å². The molecule has 0 spiro atoms. The Hall–Kier alpha value is -2.45. The standard InChI is InChI=1S/C12H19N5O4/c1-12(2,3)11-15-8(16-17-11)9(19)14-6(10(20)21)4-5-7(13)18/h6H,4-5H2,1-3H3,(H2,13,18)(H,14,19)(H,20,21)(H,15,16,17). The van der Waals surface area contributed by atoms with Crippen LogP contribution in [0.1, 0.15) is 50.1 Å². The Balaban J connectivity index is 2.75. The summed E-state index contributed by atoms with van der Waals surface area (Å²) < 4.78 is 0. The van der Waals surface area contributed by atoms with Gasteiger partial charge in [-0.2, -0.15) is 0 Å². The molecule has 116 valence electrons. The van der Waals surface area contributed by atoms with Gasteiger partial charge in [0, 0.05) is 11.8 Å². The summed E-state index contributed by atoms with van der Waals surface area (Å²) in [7, 11) is 0. The van der Waals surface area contributed by atoms with Crippen molar-refractivity contribution >= 4 is 17.8 Å². The Morgan fingerprint density at radius 3 is 2.43 bits per heavy atom. The fourth-order valence-electron chi connectivity index (χ4n) is 1.47. The van der Waals surface area contributed by atoms with Crippen LogP contribution in [0, 0.1) is 0 Å². The molecular formula is C12H19N5O4. The van der Waals surface area contributed by atoms with Crippen molar-refractivity contribution in [3.05, 3.63) is 11.6 Å². The van der Waals surface area contributed by atoms with E-state index in [0.29, 0.717) is 5.82 Å². The van der Waals surface area contributed by atoms with Crippen LogP contribution in [-0.4, -0.2) is 44.1 Å². The van der Waals surface area contributed by atoms with Gasteiger partial charge >= 0.3 is 5.97 Å². The number of carbonyl (C=O) groups excluding carboxylic acids is 2. The van der Waals surface area contributed by atoms with Gasteiger partial charge in [-0.1, -0.05) is 20.8 Å². The monoisotopic (exact) mass is 297 g/mol. The number of hydrogen-bond donors (Lipinski definition) is 4. The summed E-state index contributed by atoms with van der Waals surface area (Å²) in [4.78, 5) is 37.6. The maximum absolute atomic E-state index is 11.9. The van der Waals surface area contributed by atoms with E-state index in [1.807, 2.05) is 20.8 Å². The largest absolute Gasteiger partial charge is 0.480 e. The second kappa shape index (κ2) is 6.33. The minimum absolute atomic E-state index is 0.0903. The lowest BCUT2D eigenvalue weighted by molar-refractivity contribution is -0.139. The molecule has 1 atom stereocenters. The number of primary amides is 1. The molecule has 9 heteroatoms. The molecule has 0 radical (unpaired) electrons. The predicted octanol–water partition coefficient (Wildman–Crippen LogP) is -0.449. The number of nitrogens with two attached hydrogens (primary N) is 1. The number of hydrogen-bond acceptors (Lipinski definition) is 5. The molecule has 2 amide bonds. The van der Waals surface area contributed by atoms with Gasteiger partial charge in [-0.15, -0.1) is 5.10 Å². The molecule has 0 aliphatic heterocycles. The molecule has 0 saturated heterocycles. The highest BCUT2D eigenvalue weighted by atomic mass is 16.4. The van der Waals surface area contributed by atoms with E-state index in [-0.39, 0.29) is 24.1 Å². The van der Waals surface area contributed by atoms with E-state index in [1.165, 1.54) is 0 Å². The van der Waals surface area contributed by atoms with E-state index < -0.39 is 23.8 Å². The molecule has 0 saturated carbocycles. The second-order valence-electron chi connectivity index (χ2n) is 5.63. The van der Waals surface area contributed by atoms with Crippen molar-refractivity contribution in [1.82, 2.24) is 20.5 Å². The summed E-state index contributed by atoms with van der Waals surface area (Å²) in [5, 5.41) is 17.7. The van der Waals surface area contributed by atoms with Gasteiger partial charge in [0.05, 0.1) is 0 Å². The van der Waals surface area contributed by atoms with Gasteiger partial charge in [0.15, 0.2) is 0 Å². The maximum atomic E-state index is 11.9. The first-order valence-electron chi connectivity index (χ1n) is 6.36. The lowest BCUT2D eigenvalue weighted by Crippen LogP contribution is -2.41. The molecule has 21 heavy (non-hydrogen) atoms. The van der Waals surface area contributed by atoms with Crippen LogP contribution in [-0.2, 0) is 15.0 Å². The van der Waals surface area contributed by atoms with Crippen molar-refractivity contribution in [2.45, 2.75) is 45.1 Å². The van der Waals surface area contributed by atoms with Gasteiger partial charge in [0.2, 0.25) is 11.7 Å². The molecule has 1 rings (SSSR count). The quantitative estimate of drug-likeness (QED) is 0.558. The first kappa shape index (κ1) is 16.6. The van der Waals surface area contributed by atoms with Gasteiger partial charge < -0.3 is 16.2 Å². The highest BCUT2D eigenvalue weighted by molar-refractivity contribution is 5.93. The topological polar surface area (TPSA) is 151 Å². The van der Waals surface area contributed by atoms with Gasteiger partial charge in [0.25, 0.3) is 5.91 Å². The molecule has 0 aliphatic rings. The Morgan fingerprint density at radius 1 is 1.38 bits per heavy atom. The van der Waals surface area contributed by atoms with Crippen molar-refractivity contribution < 1.29 is 19.5 Å². The molecule has 1 unspecified atom stereocenters. The first-order chi connectivity index (χ1) is 9.61. The zero-order valence-electron chi connectivity index (χ0n) is 12.1. The van der Waals surface area contributed by atoms with Crippen molar-refractivity contribution in [1.29, 1.82) is 0 Å². The molecule has 1 heterocycles. The number of amides is 2. The highest BCUT2D eigenvalue weighted by Crippen LogP contribution is 2.17. The third-order valence-corrected chi connectivity index (χ3v) is 2.68. The normalized spacial score (nSPS) is 12.7. The zero-order valence-corrected chi connectivity index (χ0v) is 12.1. The smallest absolute Gasteiger partial charge is 0.326 e. The summed E-state index contributed by atoms with van der Waals surface area (Å²) in [6, 6.07) is -1.22. The Kier molecular flexibility index (Phi) is 5.01. The number of nitrogens with zero attached hydrogens (tertiary/aromatic N) is 2. The number of aromatic nitrogens is 3. The number of H-pyrrole nitrogens is 1. The van der Waals surface area contributed by atoms with Crippen LogP contribution < -0.4 is 11.1 Å². The van der Waals surface area contributed by atoms with E-state index in [2.05, 4.69) is 20.5 Å². The van der Waals surface area contributed by atoms with E-state index in [0.717, 1.165) is 0 Å². The molecule has 0 aromatic carbocycles. The molecule has 9 nitrogen and oxygen atoms in total. The minimum atomic E-state index is -1.25. The minimum Gasteiger partial charge on any atom is -0.480 e. The molecule has 5 N–H and O–H groups in total. The van der Waals surface area contributed by atoms with Crippen molar-refractivity contribution in [2.24, 2.45) is 5.73 Å². The van der Waals surface area contributed by atoms with E-state index in [4.69, 9.17) is 10.8 Å². The molecule has 1 aromatic rings. The third-order valence-electron chi connectivity index (χ3n) is 2.68. The number of rotatable bonds is 6. The van der Waals surface area contributed by atoms with E-state index in [9.17, 15) is 14.4 Å². The van der Waals surface area contributed by atoms with Crippen LogP contribution in [0.4, 0.5) is 0 Å². The van der Waals surface area contributed by atoms with Crippen LogP contribution in [0.2, 0.25) is 0 Å². The molecular weight excluding hydrogens is 278 g/mol. The number of carboxylic acids is 1. The van der Waals surface area contributed by atoms with Crippen LogP contribution in [0.5, 0.6) is 0 Å². The van der Waals surface area contributed by atoms with Crippen LogP contribution in [0.25, 0.3) is 0 Å². The molecule has 1 aromatic heterocycles. The Bertz CT molecular complexity index is 546. The summed E-state index contributed by atoms with van der Waals surface area (Å²) in [5.74, 6) is -2.25. The lowest BCUT2D eigenvalue weighted by atomic mass is 9.96. The first-order valence-corrected chi connectivity index (χ1v) is 6.36. The second-order valence-corrected chi connectivity index (χ2v) is 5.63. The number of carboxylic acid groups (broad SMARTS) is 1. The summed E-state index contributed by atoms with van der Waals surface area (Å²) in [6.07, 6.45) is -0.231. The number of nitrogens with one attached hydrogen (secondary N) is 2. The molecule has 0 bridgehead atoms. The average Bonchev–Trinajstić information content (AvgIpc) is 2.82. The predicted molar refractivity (Wildman–Crippen MR) is 72.4 cm³/mol. The van der Waals surface area contributed by atoms with Gasteiger partial charge in [-0.25, -0.2) is 9.78 Å². The van der Waals surface area contributed by atoms with Crippen LogP contribution in [0.15, 0.2) is 0 Å². The zero-order chi connectivity index (χ0) is 16.2. The van der Waals surface area contributed by atoms with Crippen molar-refractivity contribution in [2.75, 3.05) is 0 Å². The average molecular weight is 297 g/mol. The highest BCUT2D eigenvalue weighted by Gasteiger charge is 2.25. The SMILES string of the molecule is CC(C)(C)c1nc(C(=O)NC(CCC(N)=O)C(=O)O)n[nH]1. The van der Waals surface area contributed by atoms with Gasteiger partial charge in [-0.05, 0) is 6.42 Å². The maximum Gasteiger partial charge on any atom is 0.326 e. The van der Waals surface area contributed by atoms with Crippen LogP contribution in [0.3, 0.4) is 0 Å². The van der Waals surface area contributed by atoms with Crippen LogP contribution >= 0.6 is 0 Å². The van der Waals surface area contributed by atoms with Crippen molar-refractivity contribution in [3.63, 3.8) is 0 Å². The molecule has 0 aliphatic carbocycles. The Labute approximate surface area is 121 Å².